The van der Waals surface area contributed by atoms with Crippen molar-refractivity contribution in [3.8, 4) is 0 Å². The molecule has 0 heteroatoms. The standard InChI is InChI=1S/C23H38/c1-5-7-8-9-10-11-12-16-19-23(20(3)4)22(6-2)21-17-14-13-15-18-21/h6,13-15,17-18,20,22-23H,2,5,7-12,16,19H2,1,3-4H3. The first-order chi connectivity index (χ1) is 11.2. The van der Waals surface area contributed by atoms with Crippen LogP contribution in [-0.2, 0) is 0 Å². The van der Waals surface area contributed by atoms with E-state index in [-0.39, 0.29) is 0 Å². The summed E-state index contributed by atoms with van der Waals surface area (Å²) < 4.78 is 0. The maximum absolute atomic E-state index is 4.13. The van der Waals surface area contributed by atoms with Gasteiger partial charge in [-0.25, -0.2) is 0 Å². The highest BCUT2D eigenvalue weighted by Crippen LogP contribution is 2.35. The van der Waals surface area contributed by atoms with E-state index < -0.39 is 0 Å². The fourth-order valence-corrected chi connectivity index (χ4v) is 3.67. The molecule has 0 spiro atoms. The minimum absolute atomic E-state index is 0.501. The lowest BCUT2D eigenvalue weighted by molar-refractivity contribution is 0.316. The number of benzene rings is 1. The zero-order chi connectivity index (χ0) is 16.9. The van der Waals surface area contributed by atoms with E-state index in [1.165, 1.54) is 63.4 Å². The summed E-state index contributed by atoms with van der Waals surface area (Å²) in [6.45, 7) is 11.2. The van der Waals surface area contributed by atoms with Crippen LogP contribution in [0.3, 0.4) is 0 Å². The third-order valence-electron chi connectivity index (χ3n) is 5.15. The smallest absolute Gasteiger partial charge is 0.00460 e. The summed E-state index contributed by atoms with van der Waals surface area (Å²) in [5.74, 6) is 1.93. The molecular weight excluding hydrogens is 276 g/mol. The van der Waals surface area contributed by atoms with Gasteiger partial charge in [0.05, 0.1) is 0 Å². The molecule has 0 aliphatic heterocycles. The molecule has 0 bridgehead atoms. The van der Waals surface area contributed by atoms with Crippen molar-refractivity contribution < 1.29 is 0 Å². The fourth-order valence-electron chi connectivity index (χ4n) is 3.67. The Kier molecular flexibility index (Phi) is 10.8. The monoisotopic (exact) mass is 314 g/mol. The quantitative estimate of drug-likeness (QED) is 0.258. The van der Waals surface area contributed by atoms with Crippen molar-refractivity contribution in [3.63, 3.8) is 0 Å². The van der Waals surface area contributed by atoms with Crippen molar-refractivity contribution in [3.05, 3.63) is 48.6 Å². The summed E-state index contributed by atoms with van der Waals surface area (Å²) in [6.07, 6.45) is 14.7. The molecule has 2 atom stereocenters. The van der Waals surface area contributed by atoms with Crippen LogP contribution in [0.5, 0.6) is 0 Å². The van der Waals surface area contributed by atoms with Gasteiger partial charge in [-0.2, -0.15) is 0 Å². The Morgan fingerprint density at radius 2 is 1.43 bits per heavy atom. The van der Waals surface area contributed by atoms with Crippen molar-refractivity contribution in [1.29, 1.82) is 0 Å². The molecule has 0 radical (unpaired) electrons. The molecule has 23 heavy (non-hydrogen) atoms. The van der Waals surface area contributed by atoms with Crippen molar-refractivity contribution in [2.45, 2.75) is 84.5 Å². The van der Waals surface area contributed by atoms with Gasteiger partial charge in [-0.3, -0.25) is 0 Å². The van der Waals surface area contributed by atoms with Gasteiger partial charge in [-0.05, 0) is 23.8 Å². The molecule has 1 aromatic rings. The van der Waals surface area contributed by atoms with Gasteiger partial charge in [0, 0.05) is 5.92 Å². The third kappa shape index (κ3) is 7.86. The summed E-state index contributed by atoms with van der Waals surface area (Å²) in [5, 5.41) is 0. The lowest BCUT2D eigenvalue weighted by Gasteiger charge is -2.28. The van der Waals surface area contributed by atoms with Crippen LogP contribution in [0, 0.1) is 11.8 Å². The van der Waals surface area contributed by atoms with Gasteiger partial charge in [-0.15, -0.1) is 6.58 Å². The highest BCUT2D eigenvalue weighted by molar-refractivity contribution is 5.24. The van der Waals surface area contributed by atoms with Gasteiger partial charge >= 0.3 is 0 Å². The number of hydrogen-bond donors (Lipinski definition) is 0. The predicted octanol–water partition coefficient (Wildman–Crippen LogP) is 7.76. The zero-order valence-electron chi connectivity index (χ0n) is 15.8. The Morgan fingerprint density at radius 3 is 1.96 bits per heavy atom. The van der Waals surface area contributed by atoms with Crippen molar-refractivity contribution >= 4 is 0 Å². The predicted molar refractivity (Wildman–Crippen MR) is 105 cm³/mol. The summed E-state index contributed by atoms with van der Waals surface area (Å²) in [5.41, 5.74) is 1.43. The Balaban J connectivity index is 2.38. The maximum Gasteiger partial charge on any atom is 0.00460 e. The van der Waals surface area contributed by atoms with Gasteiger partial charge in [0.1, 0.15) is 0 Å². The van der Waals surface area contributed by atoms with E-state index >= 15 is 0 Å². The molecule has 2 unspecified atom stereocenters. The second kappa shape index (κ2) is 12.4. The normalized spacial score (nSPS) is 13.9. The molecular formula is C23H38. The van der Waals surface area contributed by atoms with Gasteiger partial charge in [-0.1, -0.05) is 109 Å². The molecule has 0 N–H and O–H groups in total. The molecule has 0 aliphatic carbocycles. The lowest BCUT2D eigenvalue weighted by Crippen LogP contribution is -2.17. The van der Waals surface area contributed by atoms with Gasteiger partial charge < -0.3 is 0 Å². The van der Waals surface area contributed by atoms with E-state index in [4.69, 9.17) is 0 Å². The molecule has 0 nitrogen and oxygen atoms in total. The van der Waals surface area contributed by atoms with Crippen LogP contribution < -0.4 is 0 Å². The molecule has 1 rings (SSSR count). The average molecular weight is 315 g/mol. The van der Waals surface area contributed by atoms with Gasteiger partial charge in [0.25, 0.3) is 0 Å². The number of hydrogen-bond acceptors (Lipinski definition) is 0. The van der Waals surface area contributed by atoms with Crippen LogP contribution in [0.15, 0.2) is 43.0 Å². The van der Waals surface area contributed by atoms with E-state index in [0.717, 1.165) is 5.92 Å². The lowest BCUT2D eigenvalue weighted by atomic mass is 9.76. The Morgan fingerprint density at radius 1 is 0.870 bits per heavy atom. The Labute approximate surface area is 145 Å². The molecule has 0 saturated carbocycles. The minimum Gasteiger partial charge on any atom is -0.102 e. The van der Waals surface area contributed by atoms with Crippen LogP contribution in [-0.4, -0.2) is 0 Å². The van der Waals surface area contributed by atoms with Crippen LogP contribution in [0.4, 0.5) is 0 Å². The summed E-state index contributed by atoms with van der Waals surface area (Å²) in [4.78, 5) is 0. The number of allylic oxidation sites excluding steroid dienone is 1. The first kappa shape index (κ1) is 20.0. The van der Waals surface area contributed by atoms with Crippen molar-refractivity contribution in [2.75, 3.05) is 0 Å². The van der Waals surface area contributed by atoms with Crippen LogP contribution in [0.2, 0.25) is 0 Å². The van der Waals surface area contributed by atoms with Crippen LogP contribution in [0.1, 0.15) is 90.0 Å². The third-order valence-corrected chi connectivity index (χ3v) is 5.15. The first-order valence-corrected chi connectivity index (χ1v) is 9.88. The van der Waals surface area contributed by atoms with Gasteiger partial charge in [0.2, 0.25) is 0 Å². The fraction of sp³-hybridized carbons (Fsp3) is 0.652. The Bertz CT molecular complexity index is 390. The molecule has 1 aromatic carbocycles. The highest BCUT2D eigenvalue weighted by Gasteiger charge is 2.22. The first-order valence-electron chi connectivity index (χ1n) is 9.88. The second-order valence-corrected chi connectivity index (χ2v) is 7.34. The van der Waals surface area contributed by atoms with Gasteiger partial charge in [0.15, 0.2) is 0 Å². The van der Waals surface area contributed by atoms with E-state index in [1.54, 1.807) is 0 Å². The van der Waals surface area contributed by atoms with E-state index in [0.29, 0.717) is 11.8 Å². The number of unbranched alkanes of at least 4 members (excludes halogenated alkanes) is 7. The molecule has 0 heterocycles. The minimum atomic E-state index is 0.501. The molecule has 0 aromatic heterocycles. The van der Waals surface area contributed by atoms with Crippen molar-refractivity contribution in [1.82, 2.24) is 0 Å². The summed E-state index contributed by atoms with van der Waals surface area (Å²) >= 11 is 0. The van der Waals surface area contributed by atoms with E-state index in [1.807, 2.05) is 0 Å². The Hall–Kier alpha value is -1.04. The molecule has 0 fully saturated rings. The molecule has 0 amide bonds. The number of rotatable bonds is 13. The van der Waals surface area contributed by atoms with Crippen molar-refractivity contribution in [2.24, 2.45) is 11.8 Å². The SMILES string of the molecule is C=CC(c1ccccc1)C(CCCCCCCCCC)C(C)C. The van der Waals surface area contributed by atoms with Crippen LogP contribution >= 0.6 is 0 Å². The van der Waals surface area contributed by atoms with E-state index in [9.17, 15) is 0 Å². The highest BCUT2D eigenvalue weighted by atomic mass is 14.3. The summed E-state index contributed by atoms with van der Waals surface area (Å²) in [6, 6.07) is 10.9. The molecule has 130 valence electrons. The zero-order valence-corrected chi connectivity index (χ0v) is 15.8. The van der Waals surface area contributed by atoms with E-state index in [2.05, 4.69) is 63.8 Å². The molecule has 0 saturated heterocycles. The average Bonchev–Trinajstić information content (AvgIpc) is 2.57. The molecule has 0 aliphatic rings. The maximum atomic E-state index is 4.13. The van der Waals surface area contributed by atoms with Crippen LogP contribution in [0.25, 0.3) is 0 Å². The topological polar surface area (TPSA) is 0 Å². The summed E-state index contributed by atoms with van der Waals surface area (Å²) in [7, 11) is 0. The largest absolute Gasteiger partial charge is 0.102 e. The second-order valence-electron chi connectivity index (χ2n) is 7.34.